The van der Waals surface area contributed by atoms with Gasteiger partial charge in [-0.15, -0.1) is 10.2 Å². The highest BCUT2D eigenvalue weighted by Gasteiger charge is 2.14. The summed E-state index contributed by atoms with van der Waals surface area (Å²) >= 11 is 7.39. The fourth-order valence-electron chi connectivity index (χ4n) is 1.35. The van der Waals surface area contributed by atoms with E-state index in [1.54, 1.807) is 23.0 Å². The highest BCUT2D eigenvalue weighted by molar-refractivity contribution is 7.99. The smallest absolute Gasteiger partial charge is 0.195 e. The molecule has 3 N–H and O–H groups in total. The van der Waals surface area contributed by atoms with Gasteiger partial charge in [0.25, 0.3) is 0 Å². The number of rotatable bonds is 3. The summed E-state index contributed by atoms with van der Waals surface area (Å²) in [4.78, 5) is 0.744. The van der Waals surface area contributed by atoms with Crippen LogP contribution in [0.2, 0.25) is 5.02 Å². The fraction of sp³-hybridized carbons (Fsp3) is 0.100. The Hall–Kier alpha value is -1.73. The summed E-state index contributed by atoms with van der Waals surface area (Å²) < 4.78 is 1.77. The highest BCUT2D eigenvalue weighted by Crippen LogP contribution is 2.32. The minimum absolute atomic E-state index is 0.0368. The average molecular weight is 284 g/mol. The summed E-state index contributed by atoms with van der Waals surface area (Å²) in [6.45, 7) is 0. The van der Waals surface area contributed by atoms with Crippen molar-refractivity contribution in [3.05, 3.63) is 35.1 Å². The molecule has 1 aromatic heterocycles. The predicted octanol–water partition coefficient (Wildman–Crippen LogP) is 1.71. The second-order valence-corrected chi connectivity index (χ2v) is 4.84. The Morgan fingerprint density at radius 1 is 1.56 bits per heavy atom. The topological polar surface area (TPSA) is 89.3 Å². The lowest BCUT2D eigenvalue weighted by atomic mass is 10.2. The molecular weight excluding hydrogens is 274 g/mol. The van der Waals surface area contributed by atoms with Gasteiger partial charge in [-0.3, -0.25) is 0 Å². The molecule has 1 heterocycles. The number of oxime groups is 1. The van der Waals surface area contributed by atoms with E-state index in [1.165, 1.54) is 11.8 Å². The van der Waals surface area contributed by atoms with Crippen LogP contribution in [-0.2, 0) is 7.05 Å². The zero-order chi connectivity index (χ0) is 13.1. The number of benzene rings is 1. The number of nitrogens with zero attached hydrogens (tertiary/aromatic N) is 4. The molecule has 0 saturated carbocycles. The third kappa shape index (κ3) is 2.41. The second-order valence-electron chi connectivity index (χ2n) is 3.42. The molecule has 2 aromatic rings. The molecule has 2 rings (SSSR count). The van der Waals surface area contributed by atoms with Gasteiger partial charge in [-0.2, -0.15) is 0 Å². The molecule has 0 aliphatic heterocycles. The fourth-order valence-corrected chi connectivity index (χ4v) is 2.62. The Labute approximate surface area is 112 Å². The number of aryl methyl sites for hydroxylation is 1. The Morgan fingerprint density at radius 2 is 2.33 bits per heavy atom. The molecule has 6 nitrogen and oxygen atoms in total. The molecule has 94 valence electrons. The van der Waals surface area contributed by atoms with Gasteiger partial charge in [0.15, 0.2) is 11.0 Å². The monoisotopic (exact) mass is 283 g/mol. The van der Waals surface area contributed by atoms with E-state index in [0.717, 1.165) is 4.90 Å². The molecule has 1 aromatic carbocycles. The van der Waals surface area contributed by atoms with Gasteiger partial charge in [-0.25, -0.2) is 0 Å². The van der Waals surface area contributed by atoms with Crippen LogP contribution in [0.25, 0.3) is 0 Å². The van der Waals surface area contributed by atoms with Crippen LogP contribution in [0.5, 0.6) is 0 Å². The summed E-state index contributed by atoms with van der Waals surface area (Å²) in [5, 5.41) is 20.6. The lowest BCUT2D eigenvalue weighted by Crippen LogP contribution is -2.15. The molecule has 8 heteroatoms. The van der Waals surface area contributed by atoms with Crippen molar-refractivity contribution >= 4 is 29.2 Å². The van der Waals surface area contributed by atoms with Crippen LogP contribution in [-0.4, -0.2) is 25.8 Å². The lowest BCUT2D eigenvalue weighted by Gasteiger charge is -2.08. The van der Waals surface area contributed by atoms with Crippen molar-refractivity contribution in [2.75, 3.05) is 0 Å². The molecule has 0 radical (unpaired) electrons. The third-order valence-electron chi connectivity index (χ3n) is 2.21. The molecule has 0 atom stereocenters. The molecular formula is C10H10ClN5OS. The first-order chi connectivity index (χ1) is 8.63. The maximum atomic E-state index is 8.78. The number of nitrogens with two attached hydrogens (primary N) is 1. The van der Waals surface area contributed by atoms with Crippen molar-refractivity contribution in [3.63, 3.8) is 0 Å². The lowest BCUT2D eigenvalue weighted by molar-refractivity contribution is 0.318. The number of hydrogen-bond acceptors (Lipinski definition) is 5. The van der Waals surface area contributed by atoms with E-state index in [4.69, 9.17) is 22.5 Å². The Kier molecular flexibility index (Phi) is 3.73. The first-order valence-corrected chi connectivity index (χ1v) is 6.11. The van der Waals surface area contributed by atoms with Crippen molar-refractivity contribution in [3.8, 4) is 0 Å². The number of aromatic nitrogens is 3. The summed E-state index contributed by atoms with van der Waals surface area (Å²) in [5.41, 5.74) is 6.10. The maximum absolute atomic E-state index is 8.78. The van der Waals surface area contributed by atoms with E-state index >= 15 is 0 Å². The number of halogens is 1. The van der Waals surface area contributed by atoms with Gasteiger partial charge in [0, 0.05) is 11.9 Å². The largest absolute Gasteiger partial charge is 0.409 e. The van der Waals surface area contributed by atoms with E-state index in [-0.39, 0.29) is 5.84 Å². The van der Waals surface area contributed by atoms with Crippen molar-refractivity contribution in [1.82, 2.24) is 14.8 Å². The van der Waals surface area contributed by atoms with E-state index in [9.17, 15) is 0 Å². The molecule has 0 saturated heterocycles. The van der Waals surface area contributed by atoms with Gasteiger partial charge < -0.3 is 15.5 Å². The van der Waals surface area contributed by atoms with E-state index in [1.807, 2.05) is 13.1 Å². The molecule has 0 fully saturated rings. The third-order valence-corrected chi connectivity index (χ3v) is 3.64. The number of hydrogen-bond donors (Lipinski definition) is 2. The summed E-state index contributed by atoms with van der Waals surface area (Å²) in [6, 6.07) is 5.28. The summed E-state index contributed by atoms with van der Waals surface area (Å²) in [6.07, 6.45) is 1.59. The average Bonchev–Trinajstić information content (AvgIpc) is 2.74. The van der Waals surface area contributed by atoms with Crippen LogP contribution >= 0.6 is 23.4 Å². The van der Waals surface area contributed by atoms with Gasteiger partial charge in [-0.05, 0) is 23.9 Å². The first-order valence-electron chi connectivity index (χ1n) is 4.91. The quantitative estimate of drug-likeness (QED) is 0.387. The highest BCUT2D eigenvalue weighted by atomic mass is 35.5. The maximum Gasteiger partial charge on any atom is 0.195 e. The van der Waals surface area contributed by atoms with Gasteiger partial charge >= 0.3 is 0 Å². The number of amidine groups is 1. The minimum Gasteiger partial charge on any atom is -0.409 e. The molecule has 18 heavy (non-hydrogen) atoms. The Bertz CT molecular complexity index is 598. The zero-order valence-corrected chi connectivity index (χ0v) is 11.0. The Balaban J connectivity index is 2.45. The van der Waals surface area contributed by atoms with E-state index < -0.39 is 0 Å². The second kappa shape index (κ2) is 5.28. The molecule has 0 spiro atoms. The van der Waals surface area contributed by atoms with Crippen LogP contribution in [0.3, 0.4) is 0 Å². The Morgan fingerprint density at radius 3 is 2.94 bits per heavy atom. The van der Waals surface area contributed by atoms with Gasteiger partial charge in [0.2, 0.25) is 0 Å². The van der Waals surface area contributed by atoms with Crippen LogP contribution in [0.1, 0.15) is 5.56 Å². The zero-order valence-electron chi connectivity index (χ0n) is 9.41. The van der Waals surface area contributed by atoms with Crippen LogP contribution in [0.4, 0.5) is 0 Å². The first kappa shape index (κ1) is 12.7. The SMILES string of the molecule is Cn1cnnc1Sc1cccc(Cl)c1C(N)=NO. The van der Waals surface area contributed by atoms with Crippen molar-refractivity contribution in [2.24, 2.45) is 17.9 Å². The van der Waals surface area contributed by atoms with Crippen molar-refractivity contribution in [1.29, 1.82) is 0 Å². The normalized spacial score (nSPS) is 11.8. The van der Waals surface area contributed by atoms with Crippen LogP contribution in [0, 0.1) is 0 Å². The van der Waals surface area contributed by atoms with E-state index in [2.05, 4.69) is 15.4 Å². The predicted molar refractivity (Wildman–Crippen MR) is 69.1 cm³/mol. The van der Waals surface area contributed by atoms with Crippen LogP contribution < -0.4 is 5.73 Å². The van der Waals surface area contributed by atoms with Crippen molar-refractivity contribution in [2.45, 2.75) is 10.1 Å². The van der Waals surface area contributed by atoms with Gasteiger partial charge in [-0.1, -0.05) is 22.8 Å². The molecule has 0 aliphatic carbocycles. The summed E-state index contributed by atoms with van der Waals surface area (Å²) in [7, 11) is 1.83. The van der Waals surface area contributed by atoms with Gasteiger partial charge in [0.05, 0.1) is 10.6 Å². The molecule has 0 unspecified atom stereocenters. The molecule has 0 aliphatic rings. The van der Waals surface area contributed by atoms with Crippen LogP contribution in [0.15, 0.2) is 39.7 Å². The standard InChI is InChI=1S/C10H10ClN5OS/c1-16-5-13-14-10(16)18-7-4-2-3-6(11)8(7)9(12)15-17/h2-5,17H,1H3,(H2,12,15). The molecule has 0 bridgehead atoms. The van der Waals surface area contributed by atoms with E-state index in [0.29, 0.717) is 15.7 Å². The minimum atomic E-state index is -0.0368. The molecule has 0 amide bonds. The van der Waals surface area contributed by atoms with Crippen molar-refractivity contribution < 1.29 is 5.21 Å². The summed E-state index contributed by atoms with van der Waals surface area (Å²) in [5.74, 6) is -0.0368. The van der Waals surface area contributed by atoms with Gasteiger partial charge in [0.1, 0.15) is 6.33 Å².